The van der Waals surface area contributed by atoms with Gasteiger partial charge in [-0.1, -0.05) is 105 Å². The molecule has 0 aliphatic heterocycles. The third kappa shape index (κ3) is 8.73. The molecule has 0 saturated heterocycles. The Labute approximate surface area is 251 Å². The van der Waals surface area contributed by atoms with Crippen LogP contribution >= 0.6 is 0 Å². The zero-order valence-corrected chi connectivity index (χ0v) is 26.9. The third-order valence-electron chi connectivity index (χ3n) is 12.7. The van der Waals surface area contributed by atoms with E-state index in [4.69, 9.17) is 9.84 Å². The van der Waals surface area contributed by atoms with Crippen molar-refractivity contribution in [1.29, 1.82) is 0 Å². The average molecular weight is 575 g/mol. The van der Waals surface area contributed by atoms with E-state index in [1.807, 2.05) is 0 Å². The molecular formula is C36H62O5. The molecule has 6 aliphatic carbocycles. The number of aliphatic hydroxyl groups is 1. The van der Waals surface area contributed by atoms with E-state index in [0.717, 1.165) is 67.6 Å². The molecule has 6 saturated carbocycles. The second-order valence-corrected chi connectivity index (χ2v) is 15.8. The van der Waals surface area contributed by atoms with E-state index in [1.54, 1.807) is 0 Å². The number of carboxylic acid groups (broad SMARTS) is 1. The van der Waals surface area contributed by atoms with Gasteiger partial charge in [0.2, 0.25) is 0 Å². The fourth-order valence-corrected chi connectivity index (χ4v) is 8.51. The lowest BCUT2D eigenvalue weighted by molar-refractivity contribution is -0.153. The average Bonchev–Trinajstić information content (AvgIpc) is 3.80. The lowest BCUT2D eigenvalue weighted by Gasteiger charge is -2.29. The largest absolute Gasteiger partial charge is 0.481 e. The number of hydrogen-bond acceptors (Lipinski definition) is 4. The van der Waals surface area contributed by atoms with Crippen LogP contribution in [0.1, 0.15) is 143 Å². The van der Waals surface area contributed by atoms with E-state index in [0.29, 0.717) is 13.2 Å². The second kappa shape index (κ2) is 14.6. The number of aliphatic hydroxyl groups excluding tert-OH is 1. The number of carbonyl (C=O) groups excluding carboxylic acids is 1. The van der Waals surface area contributed by atoms with Gasteiger partial charge >= 0.3 is 11.9 Å². The summed E-state index contributed by atoms with van der Waals surface area (Å²) in [7, 11) is 0. The molecule has 6 rings (SSSR count). The quantitative estimate of drug-likeness (QED) is 0.269. The van der Waals surface area contributed by atoms with Gasteiger partial charge in [-0.15, -0.1) is 0 Å². The highest BCUT2D eigenvalue weighted by molar-refractivity contribution is 5.73. The van der Waals surface area contributed by atoms with E-state index in [-0.39, 0.29) is 28.6 Å². The monoisotopic (exact) mass is 574 g/mol. The summed E-state index contributed by atoms with van der Waals surface area (Å²) in [5.41, 5.74) is 0.577. The second-order valence-electron chi connectivity index (χ2n) is 15.8. The van der Waals surface area contributed by atoms with Gasteiger partial charge in [-0.05, 0) is 79.4 Å². The van der Waals surface area contributed by atoms with E-state index in [1.165, 1.54) is 83.5 Å². The summed E-state index contributed by atoms with van der Waals surface area (Å²) in [5.74, 6) is 4.86. The van der Waals surface area contributed by atoms with E-state index in [9.17, 15) is 14.7 Å². The molecule has 5 heteroatoms. The van der Waals surface area contributed by atoms with Gasteiger partial charge in [0.1, 0.15) is 0 Å². The molecular weight excluding hydrogens is 512 g/mol. The summed E-state index contributed by atoms with van der Waals surface area (Å²) in [6.45, 7) is 10.5. The van der Waals surface area contributed by atoms with Crippen LogP contribution in [-0.4, -0.2) is 35.4 Å². The summed E-state index contributed by atoms with van der Waals surface area (Å²) in [6.07, 6.45) is 23.1. The van der Waals surface area contributed by atoms with Crippen molar-refractivity contribution in [2.75, 3.05) is 13.2 Å². The Bertz CT molecular complexity index is 832. The molecule has 0 radical (unpaired) electrons. The Hall–Kier alpha value is -1.10. The first-order valence-electron chi connectivity index (χ1n) is 17.6. The molecule has 236 valence electrons. The molecule has 6 atom stereocenters. The summed E-state index contributed by atoms with van der Waals surface area (Å²) >= 11 is 0. The van der Waals surface area contributed by atoms with Gasteiger partial charge in [-0.2, -0.15) is 0 Å². The number of aliphatic carboxylic acids is 1. The molecule has 0 aromatic rings. The molecule has 41 heavy (non-hydrogen) atoms. The highest BCUT2D eigenvalue weighted by Gasteiger charge is 2.55. The molecule has 2 N–H and O–H groups in total. The fraction of sp³-hybridized carbons (Fsp3) is 0.944. The lowest BCUT2D eigenvalue weighted by Crippen LogP contribution is -2.27. The molecule has 0 bridgehead atoms. The minimum Gasteiger partial charge on any atom is -0.481 e. The van der Waals surface area contributed by atoms with Crippen LogP contribution in [0.25, 0.3) is 0 Å². The Kier molecular flexibility index (Phi) is 11.7. The highest BCUT2D eigenvalue weighted by Crippen LogP contribution is 2.60. The number of ether oxygens (including phenoxy) is 1. The van der Waals surface area contributed by atoms with Crippen LogP contribution in [0.5, 0.6) is 0 Å². The Morgan fingerprint density at radius 1 is 0.683 bits per heavy atom. The predicted molar refractivity (Wildman–Crippen MR) is 164 cm³/mol. The minimum atomic E-state index is -0.619. The van der Waals surface area contributed by atoms with Crippen molar-refractivity contribution in [3.63, 3.8) is 0 Å². The van der Waals surface area contributed by atoms with Crippen LogP contribution in [-0.2, 0) is 14.3 Å². The maximum absolute atomic E-state index is 11.9. The Balaban J connectivity index is 0.000000159. The van der Waals surface area contributed by atoms with Crippen molar-refractivity contribution >= 4 is 11.9 Å². The molecule has 0 amide bonds. The van der Waals surface area contributed by atoms with Crippen LogP contribution in [0.3, 0.4) is 0 Å². The summed E-state index contributed by atoms with van der Waals surface area (Å²) in [5, 5.41) is 17.5. The van der Waals surface area contributed by atoms with Crippen molar-refractivity contribution in [3.05, 3.63) is 0 Å². The number of hydrogen-bond donors (Lipinski definition) is 2. The van der Waals surface area contributed by atoms with Crippen LogP contribution in [0.4, 0.5) is 0 Å². The summed E-state index contributed by atoms with van der Waals surface area (Å²) in [6, 6.07) is 0. The van der Waals surface area contributed by atoms with E-state index >= 15 is 0 Å². The minimum absolute atomic E-state index is 0.000000000000000444. The first kappa shape index (κ1) is 32.8. The van der Waals surface area contributed by atoms with Gasteiger partial charge in [-0.25, -0.2) is 0 Å². The number of rotatable bonds is 9. The first-order chi connectivity index (χ1) is 19.6. The standard InChI is InChI=1S/C18H30O2.C13H24O.C5H8O2/c1-13(14-7-4-3-5-8-14)16-11-18(16,2)12-20-17(19)15-9-6-10-15;1-10(11-6-4-3-5-7-11)12-8-13(12,2)9-14;6-5(7)4-2-1-3-4/h13-16H,3-12H2,1-2H3;10-12,14H,3-9H2,1-2H3;4H,1-3H2,(H,6,7)/t13-,16-,18-;10-,12-,13-;/m00./s1. The van der Waals surface area contributed by atoms with Gasteiger partial charge in [0.15, 0.2) is 0 Å². The molecule has 0 spiro atoms. The molecule has 6 fully saturated rings. The molecule has 0 aromatic heterocycles. The summed E-state index contributed by atoms with van der Waals surface area (Å²) in [4.78, 5) is 21.8. The highest BCUT2D eigenvalue weighted by atomic mass is 16.5. The maximum atomic E-state index is 11.9. The summed E-state index contributed by atoms with van der Waals surface area (Å²) < 4.78 is 5.60. The number of carboxylic acids is 1. The normalized spacial score (nSPS) is 35.2. The molecule has 0 unspecified atom stereocenters. The number of carbonyl (C=O) groups is 2. The van der Waals surface area contributed by atoms with Gasteiger partial charge in [0.25, 0.3) is 0 Å². The molecule has 6 aliphatic rings. The van der Waals surface area contributed by atoms with Gasteiger partial charge in [0.05, 0.1) is 18.4 Å². The fourth-order valence-electron chi connectivity index (χ4n) is 8.51. The van der Waals surface area contributed by atoms with Crippen LogP contribution in [0, 0.1) is 58.2 Å². The van der Waals surface area contributed by atoms with Crippen LogP contribution < -0.4 is 0 Å². The van der Waals surface area contributed by atoms with Crippen LogP contribution in [0.2, 0.25) is 0 Å². The van der Waals surface area contributed by atoms with Crippen LogP contribution in [0.15, 0.2) is 0 Å². The smallest absolute Gasteiger partial charge is 0.308 e. The Morgan fingerprint density at radius 2 is 1.12 bits per heavy atom. The maximum Gasteiger partial charge on any atom is 0.308 e. The zero-order chi connectivity index (χ0) is 29.6. The zero-order valence-electron chi connectivity index (χ0n) is 26.9. The van der Waals surface area contributed by atoms with Crippen molar-refractivity contribution in [2.45, 2.75) is 143 Å². The van der Waals surface area contributed by atoms with Gasteiger partial charge < -0.3 is 14.9 Å². The first-order valence-corrected chi connectivity index (χ1v) is 17.6. The van der Waals surface area contributed by atoms with Crippen molar-refractivity contribution in [2.24, 2.45) is 58.2 Å². The van der Waals surface area contributed by atoms with Crippen molar-refractivity contribution in [1.82, 2.24) is 0 Å². The topological polar surface area (TPSA) is 83.8 Å². The molecule has 0 aromatic carbocycles. The van der Waals surface area contributed by atoms with Crippen molar-refractivity contribution < 1.29 is 24.5 Å². The van der Waals surface area contributed by atoms with Gasteiger partial charge in [-0.3, -0.25) is 9.59 Å². The van der Waals surface area contributed by atoms with Crippen molar-refractivity contribution in [3.8, 4) is 0 Å². The molecule has 0 heterocycles. The lowest BCUT2D eigenvalue weighted by atomic mass is 9.77. The predicted octanol–water partition coefficient (Wildman–Crippen LogP) is 8.66. The number of esters is 1. The Morgan fingerprint density at radius 3 is 1.46 bits per heavy atom. The van der Waals surface area contributed by atoms with Gasteiger partial charge in [0, 0.05) is 12.0 Å². The molecule has 5 nitrogen and oxygen atoms in total. The van der Waals surface area contributed by atoms with E-state index in [2.05, 4.69) is 27.7 Å². The SMILES string of the molecule is C[C@@H](C1CCCCC1)[C@@H]1C[C@@]1(C)CO.C[C@@H](C1CCCCC1)[C@@H]1C[C@@]1(C)COC(=O)C1CCC1.O=C(O)C1CCC1. The third-order valence-corrected chi connectivity index (χ3v) is 12.7. The van der Waals surface area contributed by atoms with E-state index < -0.39 is 5.97 Å².